The van der Waals surface area contributed by atoms with Gasteiger partial charge in [-0.15, -0.1) is 10.2 Å². The number of nitrogens with zero attached hydrogens (tertiary/aromatic N) is 6. The fourth-order valence-electron chi connectivity index (χ4n) is 5.72. The molecule has 6 rings (SSSR count). The molecule has 2 aromatic carbocycles. The first kappa shape index (κ1) is 22.5. The number of rotatable bonds is 3. The number of halogens is 3. The van der Waals surface area contributed by atoms with Gasteiger partial charge in [-0.1, -0.05) is 0 Å². The van der Waals surface area contributed by atoms with Crippen LogP contribution in [0.4, 0.5) is 13.2 Å². The van der Waals surface area contributed by atoms with Crippen molar-refractivity contribution in [3.8, 4) is 16.9 Å². The predicted molar refractivity (Wildman–Crippen MR) is 125 cm³/mol. The van der Waals surface area contributed by atoms with Gasteiger partial charge in [-0.25, -0.2) is 13.2 Å². The molecule has 2 atom stereocenters. The van der Waals surface area contributed by atoms with Crippen molar-refractivity contribution in [2.24, 2.45) is 7.05 Å². The predicted octanol–water partition coefficient (Wildman–Crippen LogP) is 4.69. The molecule has 0 N–H and O–H groups in total. The zero-order valence-corrected chi connectivity index (χ0v) is 19.8. The van der Waals surface area contributed by atoms with Crippen LogP contribution in [0.2, 0.25) is 0 Å². The quantitative estimate of drug-likeness (QED) is 0.390. The molecule has 0 saturated carbocycles. The van der Waals surface area contributed by atoms with Gasteiger partial charge in [0.15, 0.2) is 17.5 Å². The van der Waals surface area contributed by atoms with Gasteiger partial charge in [0, 0.05) is 35.5 Å². The van der Waals surface area contributed by atoms with E-state index in [2.05, 4.69) is 10.2 Å². The van der Waals surface area contributed by atoms with Gasteiger partial charge in [-0.2, -0.15) is 5.10 Å². The molecule has 2 aromatic heterocycles. The molecule has 1 saturated heterocycles. The Bertz CT molecular complexity index is 1470. The van der Waals surface area contributed by atoms with E-state index in [-0.39, 0.29) is 23.6 Å². The van der Waals surface area contributed by atoms with Gasteiger partial charge in [-0.3, -0.25) is 14.0 Å². The Morgan fingerprint density at radius 1 is 1.00 bits per heavy atom. The summed E-state index contributed by atoms with van der Waals surface area (Å²) in [6.07, 6.45) is 6.17. The molecular weight excluding hydrogens is 469 g/mol. The summed E-state index contributed by atoms with van der Waals surface area (Å²) in [6.45, 7) is 1.94. The van der Waals surface area contributed by atoms with Gasteiger partial charge < -0.3 is 4.90 Å². The van der Waals surface area contributed by atoms with Crippen molar-refractivity contribution in [2.45, 2.75) is 44.7 Å². The van der Waals surface area contributed by atoms with Crippen LogP contribution >= 0.6 is 0 Å². The van der Waals surface area contributed by atoms with Crippen LogP contribution in [0.1, 0.15) is 52.5 Å². The highest BCUT2D eigenvalue weighted by Gasteiger charge is 2.43. The summed E-state index contributed by atoms with van der Waals surface area (Å²) in [5.41, 5.74) is 4.68. The van der Waals surface area contributed by atoms with E-state index in [9.17, 15) is 18.0 Å². The molecule has 0 radical (unpaired) electrons. The average Bonchev–Trinajstić information content (AvgIpc) is 3.49. The fraction of sp³-hybridized carbons (Fsp3) is 0.308. The molecule has 184 valence electrons. The van der Waals surface area contributed by atoms with Crippen molar-refractivity contribution in [3.05, 3.63) is 82.8 Å². The Hall–Kier alpha value is -3.95. The van der Waals surface area contributed by atoms with Crippen LogP contribution in [0.25, 0.3) is 16.9 Å². The Kier molecular flexibility index (Phi) is 5.20. The molecule has 7 nitrogen and oxygen atoms in total. The van der Waals surface area contributed by atoms with Crippen molar-refractivity contribution in [1.82, 2.24) is 29.4 Å². The van der Waals surface area contributed by atoms with Crippen LogP contribution < -0.4 is 0 Å². The third-order valence-electron chi connectivity index (χ3n) is 7.19. The number of hydrogen-bond donors (Lipinski definition) is 0. The Morgan fingerprint density at radius 2 is 1.72 bits per heavy atom. The maximum absolute atomic E-state index is 14.0. The number of aryl methyl sites for hydroxylation is 2. The largest absolute Gasteiger partial charge is 0.327 e. The van der Waals surface area contributed by atoms with Gasteiger partial charge >= 0.3 is 0 Å². The third-order valence-corrected chi connectivity index (χ3v) is 7.19. The van der Waals surface area contributed by atoms with Crippen molar-refractivity contribution in [1.29, 1.82) is 0 Å². The van der Waals surface area contributed by atoms with Crippen molar-refractivity contribution < 1.29 is 18.0 Å². The summed E-state index contributed by atoms with van der Waals surface area (Å²) in [6, 6.07) is 7.33. The molecule has 0 spiro atoms. The molecule has 1 fully saturated rings. The number of fused-ring (bicyclic) bond motifs is 4. The molecule has 1 unspecified atom stereocenters. The van der Waals surface area contributed by atoms with E-state index in [0.29, 0.717) is 17.7 Å². The van der Waals surface area contributed by atoms with Crippen LogP contribution in [0.5, 0.6) is 0 Å². The summed E-state index contributed by atoms with van der Waals surface area (Å²) in [7, 11) is 1.70. The number of piperidine rings is 1. The number of carbonyl (C=O) groups is 1. The lowest BCUT2D eigenvalue weighted by Crippen LogP contribution is -2.49. The minimum Gasteiger partial charge on any atom is -0.327 e. The van der Waals surface area contributed by atoms with E-state index in [1.165, 1.54) is 0 Å². The van der Waals surface area contributed by atoms with E-state index in [4.69, 9.17) is 5.10 Å². The lowest BCUT2D eigenvalue weighted by atomic mass is 9.81. The van der Waals surface area contributed by atoms with Crippen LogP contribution in [0, 0.1) is 24.4 Å². The van der Waals surface area contributed by atoms with E-state index in [0.717, 1.165) is 53.9 Å². The van der Waals surface area contributed by atoms with Gasteiger partial charge in [0.05, 0.1) is 17.4 Å². The average molecular weight is 493 g/mol. The van der Waals surface area contributed by atoms with Gasteiger partial charge in [0.2, 0.25) is 0 Å². The smallest absolute Gasteiger partial charge is 0.254 e. The normalized spacial score (nSPS) is 18.9. The molecule has 1 amide bonds. The summed E-state index contributed by atoms with van der Waals surface area (Å²) >= 11 is 0. The van der Waals surface area contributed by atoms with Gasteiger partial charge in [0.25, 0.3) is 5.91 Å². The number of hydrogen-bond acceptors (Lipinski definition) is 4. The monoisotopic (exact) mass is 492 g/mol. The molecular formula is C26H23F3N6O. The van der Waals surface area contributed by atoms with Crippen molar-refractivity contribution in [2.75, 3.05) is 0 Å². The Balaban J connectivity index is 1.41. The first-order chi connectivity index (χ1) is 17.3. The fourth-order valence-corrected chi connectivity index (χ4v) is 5.72. The highest BCUT2D eigenvalue weighted by Crippen LogP contribution is 2.45. The van der Waals surface area contributed by atoms with E-state index < -0.39 is 17.5 Å². The minimum atomic E-state index is -1.49. The maximum atomic E-state index is 14.0. The first-order valence-corrected chi connectivity index (χ1v) is 11.8. The van der Waals surface area contributed by atoms with Crippen molar-refractivity contribution in [3.63, 3.8) is 0 Å². The van der Waals surface area contributed by atoms with Crippen LogP contribution in [0.15, 0.2) is 43.0 Å². The van der Waals surface area contributed by atoms with Crippen LogP contribution in [-0.2, 0) is 13.5 Å². The third kappa shape index (κ3) is 3.51. The summed E-state index contributed by atoms with van der Waals surface area (Å²) in [4.78, 5) is 15.8. The molecule has 4 aromatic rings. The van der Waals surface area contributed by atoms with Crippen LogP contribution in [0.3, 0.4) is 0 Å². The Labute approximate surface area is 205 Å². The van der Waals surface area contributed by atoms with Gasteiger partial charge in [0.1, 0.15) is 12.7 Å². The Morgan fingerprint density at radius 3 is 2.44 bits per heavy atom. The highest BCUT2D eigenvalue weighted by molar-refractivity contribution is 5.96. The first-order valence-electron chi connectivity index (χ1n) is 11.8. The summed E-state index contributed by atoms with van der Waals surface area (Å²) < 4.78 is 45.0. The molecule has 4 heterocycles. The van der Waals surface area contributed by atoms with Gasteiger partial charge in [-0.05, 0) is 68.5 Å². The minimum absolute atomic E-state index is 0.0827. The SMILES string of the molecule is Cc1cc(C(=O)N2C3CCC[C@H]2c2nn(C)c(-c4cc(F)c(F)c(F)c4)c2C3)cc(-n2cnnc2)c1. The molecule has 10 heteroatoms. The second-order valence-electron chi connectivity index (χ2n) is 9.53. The number of aromatic nitrogens is 5. The summed E-state index contributed by atoms with van der Waals surface area (Å²) in [5.74, 6) is -4.06. The molecule has 2 aliphatic heterocycles. The lowest BCUT2D eigenvalue weighted by Gasteiger charge is -2.45. The van der Waals surface area contributed by atoms with E-state index in [1.54, 1.807) is 29.0 Å². The number of carbonyl (C=O) groups excluding carboxylic acids is 1. The van der Waals surface area contributed by atoms with Crippen molar-refractivity contribution >= 4 is 5.91 Å². The number of amides is 1. The molecule has 36 heavy (non-hydrogen) atoms. The standard InChI is InChI=1S/C26H23F3N6O/c1-14-6-16(8-18(7-14)34-12-30-31-13-34)26(36)35-17-4-3-5-22(35)24-19(11-17)25(33(2)32-24)15-9-20(27)23(29)21(28)10-15/h6-10,12-13,17,22H,3-5,11H2,1-2H3/t17?,22-/m0/s1. The second kappa shape index (κ2) is 8.32. The maximum Gasteiger partial charge on any atom is 0.254 e. The number of benzene rings is 2. The molecule has 2 aliphatic rings. The topological polar surface area (TPSA) is 68.8 Å². The second-order valence-corrected chi connectivity index (χ2v) is 9.53. The summed E-state index contributed by atoms with van der Waals surface area (Å²) in [5, 5.41) is 12.4. The zero-order valence-electron chi connectivity index (χ0n) is 19.8. The highest BCUT2D eigenvalue weighted by atomic mass is 19.2. The van der Waals surface area contributed by atoms with E-state index in [1.807, 2.05) is 30.0 Å². The molecule has 0 aliphatic carbocycles. The zero-order chi connectivity index (χ0) is 25.1. The van der Waals surface area contributed by atoms with E-state index >= 15 is 0 Å². The lowest BCUT2D eigenvalue weighted by molar-refractivity contribution is 0.0391. The molecule has 2 bridgehead atoms. The van der Waals surface area contributed by atoms with Crippen LogP contribution in [-0.4, -0.2) is 41.4 Å².